The van der Waals surface area contributed by atoms with E-state index in [1.54, 1.807) is 28.9 Å². The molecule has 3 aromatic rings. The minimum atomic E-state index is -0.372. The fraction of sp³-hybridized carbons (Fsp3) is 0.167. The molecule has 0 bridgehead atoms. The molecule has 0 unspecified atom stereocenters. The third-order valence-electron chi connectivity index (χ3n) is 4.18. The molecule has 1 aliphatic rings. The van der Waals surface area contributed by atoms with Crippen molar-refractivity contribution in [3.05, 3.63) is 69.7 Å². The summed E-state index contributed by atoms with van der Waals surface area (Å²) in [5, 5.41) is 7.39. The van der Waals surface area contributed by atoms with Gasteiger partial charge in [0.2, 0.25) is 11.9 Å². The van der Waals surface area contributed by atoms with Crippen molar-refractivity contribution in [2.45, 2.75) is 19.1 Å². The van der Waals surface area contributed by atoms with Crippen molar-refractivity contribution in [2.24, 2.45) is 0 Å². The molecule has 27 heavy (non-hydrogen) atoms. The van der Waals surface area contributed by atoms with Crippen LogP contribution >= 0.6 is 23.2 Å². The van der Waals surface area contributed by atoms with Crippen molar-refractivity contribution in [3.63, 3.8) is 0 Å². The van der Waals surface area contributed by atoms with Crippen molar-refractivity contribution in [2.75, 3.05) is 5.32 Å². The molecule has 1 aliphatic heterocycles. The van der Waals surface area contributed by atoms with Crippen LogP contribution in [0, 0.1) is 5.82 Å². The van der Waals surface area contributed by atoms with E-state index in [9.17, 15) is 9.18 Å². The number of benzene rings is 2. The van der Waals surface area contributed by atoms with Gasteiger partial charge in [0, 0.05) is 0 Å². The summed E-state index contributed by atoms with van der Waals surface area (Å²) in [6.45, 7) is 0.121. The Morgan fingerprint density at radius 2 is 2.04 bits per heavy atom. The summed E-state index contributed by atoms with van der Waals surface area (Å²) in [4.78, 5) is 15.9. The fourth-order valence-corrected chi connectivity index (χ4v) is 3.57. The van der Waals surface area contributed by atoms with Gasteiger partial charge in [-0.3, -0.25) is 10.1 Å². The average Bonchev–Trinajstić information content (AvgIpc) is 3.08. The maximum atomic E-state index is 13.3. The van der Waals surface area contributed by atoms with Gasteiger partial charge in [-0.25, -0.2) is 9.07 Å². The number of carbonyl (C=O) groups is 1. The number of rotatable bonds is 4. The fourth-order valence-electron chi connectivity index (χ4n) is 2.96. The Balaban J connectivity index is 1.60. The molecule has 0 radical (unpaired) electrons. The molecule has 2 heterocycles. The maximum absolute atomic E-state index is 13.3. The molecule has 1 N–H and O–H groups in total. The Hall–Kier alpha value is -2.64. The zero-order chi connectivity index (χ0) is 19.0. The second kappa shape index (κ2) is 7.17. The number of halogens is 3. The normalized spacial score (nSPS) is 16.0. The molecule has 9 heteroatoms. The molecule has 138 valence electrons. The minimum absolute atomic E-state index is 0.121. The highest BCUT2D eigenvalue weighted by molar-refractivity contribution is 6.37. The van der Waals surface area contributed by atoms with Crippen LogP contribution in [0.4, 0.5) is 10.3 Å². The number of nitrogens with one attached hydrogen (secondary N) is 1. The molecule has 6 nitrogen and oxygen atoms in total. The molecule has 1 atom stereocenters. The summed E-state index contributed by atoms with van der Waals surface area (Å²) in [5.41, 5.74) is 1.37. The van der Waals surface area contributed by atoms with Crippen LogP contribution in [0.5, 0.6) is 5.75 Å². The number of nitrogens with zero attached hydrogens (tertiary/aromatic N) is 3. The first-order chi connectivity index (χ1) is 13.0. The molecular weight excluding hydrogens is 394 g/mol. The topological polar surface area (TPSA) is 69.0 Å². The largest absolute Gasteiger partial charge is 0.486 e. The van der Waals surface area contributed by atoms with Crippen LogP contribution in [0.25, 0.3) is 0 Å². The van der Waals surface area contributed by atoms with Crippen LogP contribution in [0.15, 0.2) is 42.7 Å². The number of hydrogen-bond donors (Lipinski definition) is 1. The summed E-state index contributed by atoms with van der Waals surface area (Å²) in [5.74, 6) is 0.155. The lowest BCUT2D eigenvalue weighted by molar-refractivity contribution is -0.117. The van der Waals surface area contributed by atoms with E-state index in [4.69, 9.17) is 27.9 Å². The number of hydrogen-bond acceptors (Lipinski definition) is 4. The van der Waals surface area contributed by atoms with E-state index in [1.165, 1.54) is 18.5 Å². The van der Waals surface area contributed by atoms with Crippen LogP contribution in [-0.2, 0) is 11.4 Å². The Kier molecular flexibility index (Phi) is 4.72. The van der Waals surface area contributed by atoms with E-state index in [-0.39, 0.29) is 30.8 Å². The Morgan fingerprint density at radius 1 is 1.26 bits per heavy atom. The van der Waals surface area contributed by atoms with E-state index in [2.05, 4.69) is 15.4 Å². The molecule has 0 saturated heterocycles. The summed E-state index contributed by atoms with van der Waals surface area (Å²) in [6, 6.07) is 9.08. The monoisotopic (exact) mass is 406 g/mol. The first-order valence-electron chi connectivity index (χ1n) is 8.07. The van der Waals surface area contributed by atoms with E-state index in [1.807, 2.05) is 0 Å². The first-order valence-corrected chi connectivity index (χ1v) is 8.82. The van der Waals surface area contributed by atoms with Gasteiger partial charge in [0.25, 0.3) is 0 Å². The van der Waals surface area contributed by atoms with Gasteiger partial charge >= 0.3 is 0 Å². The molecule has 1 amide bonds. The SMILES string of the molecule is O=C1C[C@@H](c2cc(Cl)c(OCc3cccc(F)c3)c(Cl)c2)n2ncnc2N1. The predicted molar refractivity (Wildman–Crippen MR) is 98.6 cm³/mol. The maximum Gasteiger partial charge on any atom is 0.229 e. The quantitative estimate of drug-likeness (QED) is 0.703. The molecule has 2 aromatic carbocycles. The smallest absolute Gasteiger partial charge is 0.229 e. The zero-order valence-corrected chi connectivity index (χ0v) is 15.3. The van der Waals surface area contributed by atoms with Crippen molar-refractivity contribution in [1.29, 1.82) is 0 Å². The Morgan fingerprint density at radius 3 is 2.78 bits per heavy atom. The zero-order valence-electron chi connectivity index (χ0n) is 13.8. The average molecular weight is 407 g/mol. The number of aromatic nitrogens is 3. The lowest BCUT2D eigenvalue weighted by Gasteiger charge is -2.24. The molecule has 4 rings (SSSR count). The van der Waals surface area contributed by atoms with Crippen LogP contribution in [0.2, 0.25) is 10.0 Å². The van der Waals surface area contributed by atoms with Crippen LogP contribution in [0.1, 0.15) is 23.6 Å². The van der Waals surface area contributed by atoms with Gasteiger partial charge in [-0.2, -0.15) is 10.1 Å². The van der Waals surface area contributed by atoms with Gasteiger partial charge in [0.1, 0.15) is 18.8 Å². The van der Waals surface area contributed by atoms with Gasteiger partial charge < -0.3 is 4.74 Å². The highest BCUT2D eigenvalue weighted by Crippen LogP contribution is 2.39. The van der Waals surface area contributed by atoms with E-state index in [0.717, 1.165) is 0 Å². The standard InChI is InChI=1S/C18H13Cl2FN4O2/c19-13-5-11(15-7-16(26)24-18-22-9-23-25(15)18)6-14(20)17(13)27-8-10-2-1-3-12(21)4-10/h1-6,9,15H,7-8H2,(H,22,23,24,26)/t15-/m0/s1. The number of ether oxygens (including phenoxy) is 1. The summed E-state index contributed by atoms with van der Waals surface area (Å²) in [7, 11) is 0. The number of carbonyl (C=O) groups excluding carboxylic acids is 1. The van der Waals surface area contributed by atoms with Gasteiger partial charge in [-0.15, -0.1) is 0 Å². The van der Waals surface area contributed by atoms with Gasteiger partial charge in [-0.1, -0.05) is 35.3 Å². The number of fused-ring (bicyclic) bond motifs is 1. The highest BCUT2D eigenvalue weighted by Gasteiger charge is 2.28. The molecule has 0 saturated carbocycles. The lowest BCUT2D eigenvalue weighted by Crippen LogP contribution is -2.29. The molecule has 0 fully saturated rings. The van der Waals surface area contributed by atoms with Crippen LogP contribution < -0.4 is 10.1 Å². The van der Waals surface area contributed by atoms with Gasteiger partial charge in [0.15, 0.2) is 5.75 Å². The summed E-state index contributed by atoms with van der Waals surface area (Å²) < 4.78 is 20.6. The second-order valence-electron chi connectivity index (χ2n) is 6.03. The Labute approximate surface area is 163 Å². The van der Waals surface area contributed by atoms with Gasteiger partial charge in [-0.05, 0) is 35.4 Å². The van der Waals surface area contributed by atoms with Crippen molar-refractivity contribution in [1.82, 2.24) is 14.8 Å². The van der Waals surface area contributed by atoms with E-state index < -0.39 is 0 Å². The predicted octanol–water partition coefficient (Wildman–Crippen LogP) is 4.23. The molecule has 0 aliphatic carbocycles. The second-order valence-corrected chi connectivity index (χ2v) is 6.84. The number of amides is 1. The summed E-state index contributed by atoms with van der Waals surface area (Å²) >= 11 is 12.7. The van der Waals surface area contributed by atoms with Crippen molar-refractivity contribution in [3.8, 4) is 5.75 Å². The van der Waals surface area contributed by atoms with Crippen molar-refractivity contribution < 1.29 is 13.9 Å². The first kappa shape index (κ1) is 17.8. The Bertz CT molecular complexity index is 1000. The van der Waals surface area contributed by atoms with Gasteiger partial charge in [0.05, 0.1) is 22.5 Å². The van der Waals surface area contributed by atoms with Crippen molar-refractivity contribution >= 4 is 35.1 Å². The lowest BCUT2D eigenvalue weighted by atomic mass is 10.0. The third kappa shape index (κ3) is 3.61. The number of anilines is 1. The summed E-state index contributed by atoms with van der Waals surface area (Å²) in [6.07, 6.45) is 1.56. The third-order valence-corrected chi connectivity index (χ3v) is 4.74. The molecular formula is C18H13Cl2FN4O2. The molecule has 1 aromatic heterocycles. The molecule has 0 spiro atoms. The van der Waals surface area contributed by atoms with Crippen LogP contribution in [-0.4, -0.2) is 20.7 Å². The van der Waals surface area contributed by atoms with Crippen LogP contribution in [0.3, 0.4) is 0 Å². The minimum Gasteiger partial charge on any atom is -0.486 e. The highest BCUT2D eigenvalue weighted by atomic mass is 35.5. The van der Waals surface area contributed by atoms with E-state index >= 15 is 0 Å². The van der Waals surface area contributed by atoms with E-state index in [0.29, 0.717) is 32.9 Å².